The number of phenolic OH excluding ortho intramolecular Hbond substituents is 2. The number of carbonyl (C=O) groups excluding carboxylic acids is 5. The summed E-state index contributed by atoms with van der Waals surface area (Å²) in [6.07, 6.45) is 0.302. The molecule has 1 atom stereocenters. The van der Waals surface area contributed by atoms with Crippen LogP contribution < -0.4 is 21.8 Å². The topological polar surface area (TPSA) is 303 Å². The summed E-state index contributed by atoms with van der Waals surface area (Å²) in [5.41, 5.74) is 4.19. The van der Waals surface area contributed by atoms with Gasteiger partial charge >= 0.3 is 11.9 Å². The van der Waals surface area contributed by atoms with Gasteiger partial charge in [0.25, 0.3) is 23.6 Å². The number of oxime groups is 1. The number of nitrogens with one attached hydrogen (secondary N) is 3. The van der Waals surface area contributed by atoms with Gasteiger partial charge in [-0.2, -0.15) is 0 Å². The van der Waals surface area contributed by atoms with Crippen LogP contribution in [-0.4, -0.2) is 121 Å². The molecular weight excluding hydrogens is 696 g/mol. The lowest BCUT2D eigenvalue weighted by atomic mass is 10.1. The number of aromatic hydroxyl groups is 2. The Morgan fingerprint density at radius 1 is 1.18 bits per heavy atom. The number of imide groups is 1. The van der Waals surface area contributed by atoms with E-state index in [0.717, 1.165) is 47.2 Å². The number of nitrogens with zero attached hydrogens (tertiary/aromatic N) is 4. The van der Waals surface area contributed by atoms with E-state index in [-0.39, 0.29) is 51.5 Å². The largest absolute Gasteiger partial charge is 0.504 e. The van der Waals surface area contributed by atoms with Crippen LogP contribution in [0.15, 0.2) is 28.6 Å². The van der Waals surface area contributed by atoms with Gasteiger partial charge in [0.1, 0.15) is 22.0 Å². The van der Waals surface area contributed by atoms with Crippen molar-refractivity contribution in [3.8, 4) is 11.5 Å². The molecule has 0 fully saturated rings. The van der Waals surface area contributed by atoms with Crippen LogP contribution in [0.5, 0.6) is 11.5 Å². The summed E-state index contributed by atoms with van der Waals surface area (Å²) in [5, 5.41) is 47.8. The molecule has 0 spiro atoms. The Balaban J connectivity index is 1.40. The Labute approximate surface area is 283 Å². The average molecular weight is 723 g/mol. The van der Waals surface area contributed by atoms with Gasteiger partial charge in [-0.05, 0) is 26.0 Å². The molecule has 1 aromatic heterocycles. The lowest BCUT2D eigenvalue weighted by Crippen LogP contribution is -2.49. The number of hydrogen-bond acceptors (Lipinski definition) is 16. The smallest absolute Gasteiger partial charge is 0.353 e. The maximum atomic E-state index is 13.2. The number of aldehydes is 1. The number of thiazole rings is 1. The van der Waals surface area contributed by atoms with Gasteiger partial charge in [0.2, 0.25) is 5.60 Å². The minimum atomic E-state index is -1.89. The molecule has 0 saturated carbocycles. The van der Waals surface area contributed by atoms with Gasteiger partial charge < -0.3 is 51.9 Å². The zero-order valence-corrected chi connectivity index (χ0v) is 26.9. The number of carbonyl (C=O) groups is 7. The summed E-state index contributed by atoms with van der Waals surface area (Å²) < 4.78 is -0.0976. The van der Waals surface area contributed by atoms with Crippen LogP contribution in [0.1, 0.15) is 40.3 Å². The molecule has 3 heterocycles. The van der Waals surface area contributed by atoms with E-state index in [2.05, 4.69) is 26.2 Å². The van der Waals surface area contributed by atoms with Crippen molar-refractivity contribution in [2.45, 2.75) is 25.5 Å². The van der Waals surface area contributed by atoms with Crippen molar-refractivity contribution in [3.63, 3.8) is 0 Å². The van der Waals surface area contributed by atoms with Gasteiger partial charge in [-0.1, -0.05) is 28.1 Å². The fourth-order valence-corrected chi connectivity index (χ4v) is 5.29. The first-order valence-electron chi connectivity index (χ1n) is 13.8. The number of nitrogens with two attached hydrogens (primary N) is 1. The number of benzene rings is 1. The monoisotopic (exact) mass is 722 g/mol. The highest BCUT2D eigenvalue weighted by atomic mass is 35.5. The van der Waals surface area contributed by atoms with Gasteiger partial charge in [-0.25, -0.2) is 19.6 Å². The van der Waals surface area contributed by atoms with Crippen LogP contribution >= 0.6 is 22.9 Å². The molecular formula is C27H27ClN8O12S. The third-order valence-electron chi connectivity index (χ3n) is 6.92. The maximum absolute atomic E-state index is 13.2. The quantitative estimate of drug-likeness (QED) is 0.0367. The SMILES string of the molecule is CC(C)(O/N=C(\C(=O)N[C@H](C=O)CN1CC(C(=O)NCCN2C(=O)c3cc(O)c(O)cc3C2=O)=C(C(=O)O)N1)c1nc(N)sc1Cl)C(=O)O. The lowest BCUT2D eigenvalue weighted by molar-refractivity contribution is -0.161. The molecule has 9 N–H and O–H groups in total. The first-order chi connectivity index (χ1) is 22.9. The Morgan fingerprint density at radius 2 is 1.80 bits per heavy atom. The first kappa shape index (κ1) is 36.0. The summed E-state index contributed by atoms with van der Waals surface area (Å²) in [6.45, 7) is 0.880. The van der Waals surface area contributed by atoms with Crippen LogP contribution in [0.3, 0.4) is 0 Å². The van der Waals surface area contributed by atoms with E-state index in [1.807, 2.05) is 0 Å². The molecule has 4 amide bonds. The third-order valence-corrected chi connectivity index (χ3v) is 8.00. The predicted octanol–water partition coefficient (Wildman–Crippen LogP) is -1.37. The molecule has 0 aliphatic carbocycles. The number of amides is 4. The predicted molar refractivity (Wildman–Crippen MR) is 166 cm³/mol. The minimum absolute atomic E-state index is 0.0615. The fraction of sp³-hybridized carbons (Fsp3) is 0.296. The van der Waals surface area contributed by atoms with E-state index in [9.17, 15) is 54.0 Å². The number of nitrogen functional groups attached to an aromatic ring is 1. The highest BCUT2D eigenvalue weighted by molar-refractivity contribution is 7.19. The number of fused-ring (bicyclic) bond motifs is 1. The van der Waals surface area contributed by atoms with E-state index in [1.165, 1.54) is 0 Å². The molecule has 2 aliphatic rings. The van der Waals surface area contributed by atoms with Crippen molar-refractivity contribution in [2.24, 2.45) is 5.16 Å². The van der Waals surface area contributed by atoms with Gasteiger partial charge in [0.15, 0.2) is 22.3 Å². The Morgan fingerprint density at radius 3 is 2.31 bits per heavy atom. The Hall–Kier alpha value is -5.80. The van der Waals surface area contributed by atoms with Crippen LogP contribution in [0.25, 0.3) is 0 Å². The van der Waals surface area contributed by atoms with Crippen molar-refractivity contribution in [3.05, 3.63) is 44.6 Å². The number of hydrogen-bond donors (Lipinski definition) is 8. The lowest BCUT2D eigenvalue weighted by Gasteiger charge is -2.22. The van der Waals surface area contributed by atoms with Crippen LogP contribution in [0.2, 0.25) is 4.34 Å². The first-order valence-corrected chi connectivity index (χ1v) is 15.0. The highest BCUT2D eigenvalue weighted by Gasteiger charge is 2.38. The van der Waals surface area contributed by atoms with E-state index in [1.54, 1.807) is 0 Å². The fourth-order valence-electron chi connectivity index (χ4n) is 4.36. The van der Waals surface area contributed by atoms with Gasteiger partial charge in [0, 0.05) is 19.6 Å². The molecule has 2 aromatic rings. The second-order valence-electron chi connectivity index (χ2n) is 10.8. The summed E-state index contributed by atoms with van der Waals surface area (Å²) in [6, 6.07) is 0.497. The van der Waals surface area contributed by atoms with Crippen LogP contribution in [0, 0.1) is 0 Å². The Kier molecular flexibility index (Phi) is 10.4. The van der Waals surface area contributed by atoms with Crippen molar-refractivity contribution in [2.75, 3.05) is 31.9 Å². The van der Waals surface area contributed by atoms with Crippen molar-refractivity contribution >= 4 is 75.6 Å². The number of carboxylic acid groups (broad SMARTS) is 2. The minimum Gasteiger partial charge on any atom is -0.504 e. The van der Waals surface area contributed by atoms with E-state index in [4.69, 9.17) is 22.2 Å². The molecule has 0 unspecified atom stereocenters. The number of aliphatic carboxylic acids is 2. The second-order valence-corrected chi connectivity index (χ2v) is 12.4. The molecule has 1 aromatic carbocycles. The van der Waals surface area contributed by atoms with Gasteiger partial charge in [-0.3, -0.25) is 24.1 Å². The zero-order chi connectivity index (χ0) is 36.4. The molecule has 260 valence electrons. The molecule has 4 rings (SSSR count). The van der Waals surface area contributed by atoms with E-state index in [0.29, 0.717) is 6.29 Å². The summed E-state index contributed by atoms with van der Waals surface area (Å²) >= 11 is 6.90. The molecule has 0 radical (unpaired) electrons. The third kappa shape index (κ3) is 7.69. The number of anilines is 1. The normalized spacial score (nSPS) is 15.5. The number of phenols is 2. The van der Waals surface area contributed by atoms with Crippen LogP contribution in [-0.2, 0) is 28.8 Å². The van der Waals surface area contributed by atoms with Crippen LogP contribution in [0.4, 0.5) is 5.13 Å². The standard InChI is InChI=1S/C27H27ClN8O12S/c1-27(2,25(46)47)48-34-18(17-19(28)49-26(29)32-17)21(41)31-10(9-37)7-35-8-13(16(33-35)24(44)45)20(40)30-3-4-36-22(42)11-5-14(38)15(39)6-12(11)23(36)43/h5-6,9-10,33,38-39H,3-4,7-8H2,1-2H3,(H2,29,32)(H,30,40)(H,31,41)(H,44,45)(H,46,47)/b34-18-/t10-/m0/s1. The summed E-state index contributed by atoms with van der Waals surface area (Å²) in [4.78, 5) is 96.5. The highest BCUT2D eigenvalue weighted by Crippen LogP contribution is 2.33. The van der Waals surface area contributed by atoms with Crippen molar-refractivity contribution in [1.29, 1.82) is 0 Å². The van der Waals surface area contributed by atoms with Crippen molar-refractivity contribution < 1.29 is 58.8 Å². The van der Waals surface area contributed by atoms with Gasteiger partial charge in [-0.15, -0.1) is 0 Å². The number of hydrazine groups is 1. The molecule has 49 heavy (non-hydrogen) atoms. The number of aromatic nitrogens is 1. The number of rotatable bonds is 14. The number of halogens is 1. The Bertz CT molecular complexity index is 1800. The van der Waals surface area contributed by atoms with Crippen molar-refractivity contribution in [1.82, 2.24) is 31.0 Å². The zero-order valence-electron chi connectivity index (χ0n) is 25.3. The van der Waals surface area contributed by atoms with Gasteiger partial charge in [0.05, 0.1) is 29.3 Å². The van der Waals surface area contributed by atoms with E-state index >= 15 is 0 Å². The maximum Gasteiger partial charge on any atom is 0.353 e. The molecule has 22 heteroatoms. The molecule has 20 nitrogen and oxygen atoms in total. The average Bonchev–Trinajstić information content (AvgIpc) is 3.67. The van der Waals surface area contributed by atoms with E-state index < -0.39 is 76.7 Å². The molecule has 2 aliphatic heterocycles. The number of carboxylic acids is 2. The second kappa shape index (κ2) is 14.1. The molecule has 0 saturated heterocycles. The summed E-state index contributed by atoms with van der Waals surface area (Å²) in [7, 11) is 0. The molecule has 0 bridgehead atoms. The summed E-state index contributed by atoms with van der Waals surface area (Å²) in [5.74, 6) is -7.71.